The van der Waals surface area contributed by atoms with Gasteiger partial charge >= 0.3 is 17.9 Å². The third-order valence-electron chi connectivity index (χ3n) is 4.07. The number of ether oxygens (including phenoxy) is 6. The Morgan fingerprint density at radius 3 is 2.35 bits per heavy atom. The molecule has 0 aromatic carbocycles. The van der Waals surface area contributed by atoms with Gasteiger partial charge in [0.25, 0.3) is 0 Å². The van der Waals surface area contributed by atoms with Gasteiger partial charge in [0.2, 0.25) is 0 Å². The van der Waals surface area contributed by atoms with Crippen LogP contribution in [-0.4, -0.2) is 61.5 Å². The molecule has 0 N–H and O–H groups in total. The quantitative estimate of drug-likeness (QED) is 0.475. The molecular formula is C17H26O9. The molecule has 2 aliphatic heterocycles. The normalized spacial score (nSPS) is 30.3. The summed E-state index contributed by atoms with van der Waals surface area (Å²) in [4.78, 5) is 34.6. The zero-order valence-electron chi connectivity index (χ0n) is 15.7. The monoisotopic (exact) mass is 374 g/mol. The molecule has 0 aromatic rings. The van der Waals surface area contributed by atoms with Gasteiger partial charge in [0.1, 0.15) is 18.8 Å². The van der Waals surface area contributed by atoms with E-state index >= 15 is 0 Å². The van der Waals surface area contributed by atoms with Gasteiger partial charge < -0.3 is 28.4 Å². The molecule has 0 aromatic heterocycles. The van der Waals surface area contributed by atoms with Crippen molar-refractivity contribution in [3.05, 3.63) is 0 Å². The fourth-order valence-corrected chi connectivity index (χ4v) is 3.21. The van der Waals surface area contributed by atoms with Crippen LogP contribution in [0.4, 0.5) is 0 Å². The highest BCUT2D eigenvalue weighted by Gasteiger charge is 2.57. The van der Waals surface area contributed by atoms with Crippen molar-refractivity contribution in [3.8, 4) is 0 Å². The van der Waals surface area contributed by atoms with Gasteiger partial charge in [0, 0.05) is 19.8 Å². The van der Waals surface area contributed by atoms with Crippen LogP contribution in [0.25, 0.3) is 0 Å². The minimum Gasteiger partial charge on any atom is -0.466 e. The van der Waals surface area contributed by atoms with E-state index in [0.29, 0.717) is 0 Å². The number of carbonyl (C=O) groups is 3. The van der Waals surface area contributed by atoms with Crippen LogP contribution in [-0.2, 0) is 42.8 Å². The average Bonchev–Trinajstić information content (AvgIpc) is 2.96. The Balaban J connectivity index is 2.20. The second-order valence-electron chi connectivity index (χ2n) is 6.69. The van der Waals surface area contributed by atoms with Gasteiger partial charge in [-0.1, -0.05) is 0 Å². The second-order valence-corrected chi connectivity index (χ2v) is 6.69. The van der Waals surface area contributed by atoms with Crippen LogP contribution in [0, 0.1) is 5.92 Å². The lowest BCUT2D eigenvalue weighted by atomic mass is 9.91. The molecule has 148 valence electrons. The van der Waals surface area contributed by atoms with Gasteiger partial charge in [-0.2, -0.15) is 0 Å². The highest BCUT2D eigenvalue weighted by Crippen LogP contribution is 2.43. The van der Waals surface area contributed by atoms with Crippen LogP contribution >= 0.6 is 0 Å². The zero-order chi connectivity index (χ0) is 19.5. The molecular weight excluding hydrogens is 348 g/mol. The highest BCUT2D eigenvalue weighted by molar-refractivity contribution is 5.70. The molecule has 0 bridgehead atoms. The van der Waals surface area contributed by atoms with Crippen LogP contribution in [0.2, 0.25) is 0 Å². The first-order valence-corrected chi connectivity index (χ1v) is 8.60. The van der Waals surface area contributed by atoms with Crippen LogP contribution in [0.3, 0.4) is 0 Å². The Bertz CT molecular complexity index is 544. The summed E-state index contributed by atoms with van der Waals surface area (Å²) in [6, 6.07) is 0. The number of rotatable bonds is 7. The number of carbonyl (C=O) groups excluding carboxylic acids is 3. The van der Waals surface area contributed by atoms with E-state index in [4.69, 9.17) is 28.4 Å². The van der Waals surface area contributed by atoms with Crippen LogP contribution in [0.15, 0.2) is 0 Å². The lowest BCUT2D eigenvalue weighted by Crippen LogP contribution is -2.43. The summed E-state index contributed by atoms with van der Waals surface area (Å²) in [5, 5.41) is 0. The van der Waals surface area contributed by atoms with E-state index in [1.807, 2.05) is 0 Å². The number of fused-ring (bicyclic) bond motifs is 1. The van der Waals surface area contributed by atoms with Crippen molar-refractivity contribution in [2.45, 2.75) is 71.4 Å². The predicted molar refractivity (Wildman–Crippen MR) is 85.6 cm³/mol. The average molecular weight is 374 g/mol. The summed E-state index contributed by atoms with van der Waals surface area (Å²) in [5.41, 5.74) is 0. The number of hydrogen-bond acceptors (Lipinski definition) is 9. The molecule has 2 rings (SSSR count). The summed E-state index contributed by atoms with van der Waals surface area (Å²) < 4.78 is 32.8. The van der Waals surface area contributed by atoms with Crippen molar-refractivity contribution >= 4 is 17.9 Å². The molecule has 0 saturated carbocycles. The summed E-state index contributed by atoms with van der Waals surface area (Å²) >= 11 is 0. The Morgan fingerprint density at radius 1 is 1.08 bits per heavy atom. The summed E-state index contributed by atoms with van der Waals surface area (Å²) in [5.74, 6) is -2.84. The van der Waals surface area contributed by atoms with E-state index in [2.05, 4.69) is 0 Å². The van der Waals surface area contributed by atoms with E-state index in [1.165, 1.54) is 13.8 Å². The minimum atomic E-state index is -0.892. The molecule has 2 saturated heterocycles. The van der Waals surface area contributed by atoms with E-state index in [0.717, 1.165) is 0 Å². The van der Waals surface area contributed by atoms with Crippen LogP contribution in [0.5, 0.6) is 0 Å². The topological polar surface area (TPSA) is 107 Å². The SMILES string of the molecule is CCOC(=O)C[C@H]1[C@H]2OC(C)(C)O[C@H]2O[C@@H]1[C@@H](COC(C)=O)OC(C)=O. The van der Waals surface area contributed by atoms with Gasteiger partial charge in [0.15, 0.2) is 18.2 Å². The molecule has 9 heteroatoms. The summed E-state index contributed by atoms with van der Waals surface area (Å²) in [6.07, 6.45) is -2.89. The molecule has 0 spiro atoms. The molecule has 2 fully saturated rings. The Kier molecular flexibility index (Phi) is 6.59. The predicted octanol–water partition coefficient (Wildman–Crippen LogP) is 0.927. The first-order valence-electron chi connectivity index (χ1n) is 8.60. The summed E-state index contributed by atoms with van der Waals surface area (Å²) in [6.45, 7) is 7.74. The number of esters is 3. The van der Waals surface area contributed by atoms with E-state index in [-0.39, 0.29) is 19.6 Å². The molecule has 0 aliphatic carbocycles. The fraction of sp³-hybridized carbons (Fsp3) is 0.824. The van der Waals surface area contributed by atoms with Crippen molar-refractivity contribution in [2.24, 2.45) is 5.92 Å². The first kappa shape index (κ1) is 20.6. The zero-order valence-corrected chi connectivity index (χ0v) is 15.7. The van der Waals surface area contributed by atoms with Gasteiger partial charge in [0.05, 0.1) is 13.0 Å². The van der Waals surface area contributed by atoms with Crippen molar-refractivity contribution in [1.29, 1.82) is 0 Å². The van der Waals surface area contributed by atoms with Gasteiger partial charge in [-0.15, -0.1) is 0 Å². The Morgan fingerprint density at radius 2 is 1.77 bits per heavy atom. The molecule has 5 atom stereocenters. The molecule has 0 radical (unpaired) electrons. The lowest BCUT2D eigenvalue weighted by Gasteiger charge is -2.29. The first-order chi connectivity index (χ1) is 12.1. The summed E-state index contributed by atoms with van der Waals surface area (Å²) in [7, 11) is 0. The van der Waals surface area contributed by atoms with E-state index in [9.17, 15) is 14.4 Å². The van der Waals surface area contributed by atoms with E-state index in [1.54, 1.807) is 20.8 Å². The van der Waals surface area contributed by atoms with Crippen molar-refractivity contribution in [3.63, 3.8) is 0 Å². The molecule has 26 heavy (non-hydrogen) atoms. The van der Waals surface area contributed by atoms with Gasteiger partial charge in [-0.3, -0.25) is 14.4 Å². The maximum atomic E-state index is 12.0. The molecule has 2 aliphatic rings. The van der Waals surface area contributed by atoms with E-state index < -0.39 is 54.2 Å². The standard InChI is InChI=1S/C17H26O9/c1-6-21-13(20)7-11-14(12(23-10(3)19)8-22-9(2)18)24-16-15(11)25-17(4,5)26-16/h11-12,14-16H,6-8H2,1-5H3/t11-,12-,14+,15-,16-/m1/s1. The Hall–Kier alpha value is -1.71. The maximum absolute atomic E-state index is 12.0. The molecule has 9 nitrogen and oxygen atoms in total. The number of hydrogen-bond donors (Lipinski definition) is 0. The van der Waals surface area contributed by atoms with Crippen molar-refractivity contribution in [2.75, 3.05) is 13.2 Å². The second kappa shape index (κ2) is 8.32. The van der Waals surface area contributed by atoms with Crippen molar-refractivity contribution < 1.29 is 42.8 Å². The lowest BCUT2D eigenvalue weighted by molar-refractivity contribution is -0.227. The third-order valence-corrected chi connectivity index (χ3v) is 4.07. The fourth-order valence-electron chi connectivity index (χ4n) is 3.21. The van der Waals surface area contributed by atoms with Crippen LogP contribution in [0.1, 0.15) is 41.0 Å². The maximum Gasteiger partial charge on any atom is 0.306 e. The highest BCUT2D eigenvalue weighted by atomic mass is 16.8. The third kappa shape index (κ3) is 5.15. The molecule has 0 unspecified atom stereocenters. The van der Waals surface area contributed by atoms with Crippen molar-refractivity contribution in [1.82, 2.24) is 0 Å². The molecule has 2 heterocycles. The van der Waals surface area contributed by atoms with Gasteiger partial charge in [-0.25, -0.2) is 0 Å². The minimum absolute atomic E-state index is 0.00303. The van der Waals surface area contributed by atoms with Crippen LogP contribution < -0.4 is 0 Å². The smallest absolute Gasteiger partial charge is 0.306 e. The Labute approximate surface area is 152 Å². The largest absolute Gasteiger partial charge is 0.466 e. The molecule has 0 amide bonds. The van der Waals surface area contributed by atoms with Gasteiger partial charge in [-0.05, 0) is 20.8 Å².